The lowest BCUT2D eigenvalue weighted by Crippen LogP contribution is -2.19. The lowest BCUT2D eigenvalue weighted by atomic mass is 9.94. The third kappa shape index (κ3) is 4.93. The quantitative estimate of drug-likeness (QED) is 0.827. The summed E-state index contributed by atoms with van der Waals surface area (Å²) in [5.41, 5.74) is 6.98. The first kappa shape index (κ1) is 16.2. The van der Waals surface area contributed by atoms with Crippen LogP contribution >= 0.6 is 15.9 Å². The van der Waals surface area contributed by atoms with Crippen LogP contribution in [-0.2, 0) is 12.8 Å². The minimum Gasteiger partial charge on any atom is -0.339 e. The Labute approximate surface area is 134 Å². The van der Waals surface area contributed by atoms with Crippen LogP contribution in [0.15, 0.2) is 33.3 Å². The van der Waals surface area contributed by atoms with Gasteiger partial charge in [0.15, 0.2) is 5.82 Å². The summed E-state index contributed by atoms with van der Waals surface area (Å²) in [6, 6.07) is 8.08. The van der Waals surface area contributed by atoms with E-state index < -0.39 is 0 Å². The van der Waals surface area contributed by atoms with Crippen molar-refractivity contribution in [2.24, 2.45) is 17.6 Å². The molecule has 21 heavy (non-hydrogen) atoms. The van der Waals surface area contributed by atoms with Crippen LogP contribution in [0.25, 0.3) is 0 Å². The molecule has 0 aliphatic rings. The zero-order chi connectivity index (χ0) is 15.2. The lowest BCUT2D eigenvalue weighted by molar-refractivity contribution is 0.329. The fraction of sp³-hybridized carbons (Fsp3) is 0.500. The van der Waals surface area contributed by atoms with E-state index in [1.54, 1.807) is 0 Å². The molecule has 0 unspecified atom stereocenters. The van der Waals surface area contributed by atoms with Crippen molar-refractivity contribution in [3.63, 3.8) is 0 Å². The van der Waals surface area contributed by atoms with E-state index >= 15 is 0 Å². The van der Waals surface area contributed by atoms with E-state index in [2.05, 4.69) is 46.0 Å². The maximum absolute atomic E-state index is 5.82. The highest BCUT2D eigenvalue weighted by atomic mass is 79.9. The van der Waals surface area contributed by atoms with E-state index in [1.807, 2.05) is 18.2 Å². The molecule has 0 aliphatic heterocycles. The van der Waals surface area contributed by atoms with E-state index in [9.17, 15) is 0 Å². The van der Waals surface area contributed by atoms with Gasteiger partial charge in [-0.25, -0.2) is 0 Å². The summed E-state index contributed by atoms with van der Waals surface area (Å²) in [5, 5.41) is 4.07. The molecule has 2 rings (SSSR count). The number of nitrogens with zero attached hydrogens (tertiary/aromatic N) is 2. The molecule has 114 valence electrons. The highest BCUT2D eigenvalue weighted by molar-refractivity contribution is 9.10. The van der Waals surface area contributed by atoms with Crippen LogP contribution in [0, 0.1) is 11.8 Å². The Morgan fingerprint density at radius 2 is 2.05 bits per heavy atom. The average Bonchev–Trinajstić information content (AvgIpc) is 2.87. The molecule has 1 atom stereocenters. The predicted molar refractivity (Wildman–Crippen MR) is 86.9 cm³/mol. The highest BCUT2D eigenvalue weighted by Gasteiger charge is 2.15. The van der Waals surface area contributed by atoms with Crippen molar-refractivity contribution >= 4 is 15.9 Å². The van der Waals surface area contributed by atoms with Gasteiger partial charge in [-0.1, -0.05) is 53.1 Å². The van der Waals surface area contributed by atoms with Crippen LogP contribution in [0.4, 0.5) is 0 Å². The Morgan fingerprint density at radius 3 is 2.71 bits per heavy atom. The molecule has 0 amide bonds. The van der Waals surface area contributed by atoms with Crippen molar-refractivity contribution in [2.75, 3.05) is 6.54 Å². The van der Waals surface area contributed by atoms with E-state index in [0.29, 0.717) is 30.7 Å². The van der Waals surface area contributed by atoms with Crippen molar-refractivity contribution in [2.45, 2.75) is 33.1 Å². The molecular weight excluding hydrogens is 330 g/mol. The smallest absolute Gasteiger partial charge is 0.226 e. The zero-order valence-electron chi connectivity index (χ0n) is 12.6. The van der Waals surface area contributed by atoms with Crippen molar-refractivity contribution in [1.82, 2.24) is 10.1 Å². The van der Waals surface area contributed by atoms with Gasteiger partial charge in [0, 0.05) is 17.3 Å². The van der Waals surface area contributed by atoms with Gasteiger partial charge in [-0.2, -0.15) is 4.98 Å². The molecule has 0 radical (unpaired) electrons. The number of hydrogen-bond acceptors (Lipinski definition) is 4. The molecule has 0 saturated heterocycles. The molecule has 4 nitrogen and oxygen atoms in total. The Hall–Kier alpha value is -1.20. The monoisotopic (exact) mass is 351 g/mol. The van der Waals surface area contributed by atoms with Crippen LogP contribution in [0.5, 0.6) is 0 Å². The number of rotatable bonds is 7. The molecule has 2 N–H and O–H groups in total. The van der Waals surface area contributed by atoms with Crippen molar-refractivity contribution < 1.29 is 4.52 Å². The molecule has 1 aromatic carbocycles. The summed E-state index contributed by atoms with van der Waals surface area (Å²) in [6.45, 7) is 5.06. The molecule has 1 heterocycles. The number of aromatic nitrogens is 2. The van der Waals surface area contributed by atoms with Crippen LogP contribution in [0.3, 0.4) is 0 Å². The molecule has 0 aliphatic carbocycles. The molecule has 2 aromatic rings. The maximum Gasteiger partial charge on any atom is 0.226 e. The molecular formula is C16H22BrN3O. The minimum absolute atomic E-state index is 0.404. The van der Waals surface area contributed by atoms with Gasteiger partial charge in [-0.3, -0.25) is 0 Å². The SMILES string of the molecule is CC(C)C[C@H](CN)Cc1nc(Cc2ccccc2Br)no1. The summed E-state index contributed by atoms with van der Waals surface area (Å²) >= 11 is 3.54. The molecule has 0 saturated carbocycles. The third-order valence-electron chi connectivity index (χ3n) is 3.42. The van der Waals surface area contributed by atoms with Crippen molar-refractivity contribution in [3.05, 3.63) is 46.0 Å². The zero-order valence-corrected chi connectivity index (χ0v) is 14.1. The summed E-state index contributed by atoms with van der Waals surface area (Å²) < 4.78 is 6.42. The van der Waals surface area contributed by atoms with E-state index in [0.717, 1.165) is 28.7 Å². The van der Waals surface area contributed by atoms with Gasteiger partial charge in [0.1, 0.15) is 0 Å². The minimum atomic E-state index is 0.404. The van der Waals surface area contributed by atoms with Gasteiger partial charge in [-0.05, 0) is 36.4 Å². The van der Waals surface area contributed by atoms with E-state index in [1.165, 1.54) is 0 Å². The normalized spacial score (nSPS) is 12.8. The first-order valence-corrected chi connectivity index (χ1v) is 8.12. The Kier molecular flexibility index (Phi) is 5.94. The van der Waals surface area contributed by atoms with E-state index in [-0.39, 0.29) is 0 Å². The molecule has 0 fully saturated rings. The lowest BCUT2D eigenvalue weighted by Gasteiger charge is -2.14. The molecule has 1 aromatic heterocycles. The van der Waals surface area contributed by atoms with Gasteiger partial charge < -0.3 is 10.3 Å². The van der Waals surface area contributed by atoms with Crippen LogP contribution in [0.1, 0.15) is 37.5 Å². The summed E-state index contributed by atoms with van der Waals surface area (Å²) in [5.74, 6) is 2.44. The van der Waals surface area contributed by atoms with Crippen LogP contribution in [0.2, 0.25) is 0 Å². The second kappa shape index (κ2) is 7.71. The fourth-order valence-corrected chi connectivity index (χ4v) is 2.86. The van der Waals surface area contributed by atoms with Crippen molar-refractivity contribution in [1.29, 1.82) is 0 Å². The van der Waals surface area contributed by atoms with Gasteiger partial charge in [0.25, 0.3) is 0 Å². The number of hydrogen-bond donors (Lipinski definition) is 1. The summed E-state index contributed by atoms with van der Waals surface area (Å²) in [6.07, 6.45) is 2.51. The first-order valence-electron chi connectivity index (χ1n) is 7.33. The number of nitrogens with two attached hydrogens (primary N) is 1. The van der Waals surface area contributed by atoms with Gasteiger partial charge in [-0.15, -0.1) is 0 Å². The standard InChI is InChI=1S/C16H22BrN3O/c1-11(2)7-12(10-18)8-16-19-15(20-21-16)9-13-5-3-4-6-14(13)17/h3-6,11-12H,7-10,18H2,1-2H3/t12-/m0/s1. The number of halogens is 1. The average molecular weight is 352 g/mol. The topological polar surface area (TPSA) is 64.9 Å². The summed E-state index contributed by atoms with van der Waals surface area (Å²) in [4.78, 5) is 4.49. The van der Waals surface area contributed by atoms with Gasteiger partial charge >= 0.3 is 0 Å². The van der Waals surface area contributed by atoms with Crippen molar-refractivity contribution in [3.8, 4) is 0 Å². The second-order valence-electron chi connectivity index (χ2n) is 5.81. The Bertz CT molecular complexity index is 568. The first-order chi connectivity index (χ1) is 10.1. The summed E-state index contributed by atoms with van der Waals surface area (Å²) in [7, 11) is 0. The Balaban J connectivity index is 1.99. The molecule has 0 bridgehead atoms. The maximum atomic E-state index is 5.82. The predicted octanol–water partition coefficient (Wildman–Crippen LogP) is 3.59. The second-order valence-corrected chi connectivity index (χ2v) is 6.66. The van der Waals surface area contributed by atoms with Gasteiger partial charge in [0.2, 0.25) is 5.89 Å². The third-order valence-corrected chi connectivity index (χ3v) is 4.19. The highest BCUT2D eigenvalue weighted by Crippen LogP contribution is 2.19. The van der Waals surface area contributed by atoms with E-state index in [4.69, 9.17) is 10.3 Å². The number of benzene rings is 1. The largest absolute Gasteiger partial charge is 0.339 e. The van der Waals surface area contributed by atoms with Crippen LogP contribution in [-0.4, -0.2) is 16.7 Å². The molecule has 5 heteroatoms. The Morgan fingerprint density at radius 1 is 1.29 bits per heavy atom. The van der Waals surface area contributed by atoms with Gasteiger partial charge in [0.05, 0.1) is 0 Å². The molecule has 0 spiro atoms. The fourth-order valence-electron chi connectivity index (χ4n) is 2.43. The van der Waals surface area contributed by atoms with Crippen LogP contribution < -0.4 is 5.73 Å².